The van der Waals surface area contributed by atoms with Crippen LogP contribution in [-0.4, -0.2) is 0 Å². The van der Waals surface area contributed by atoms with E-state index in [2.05, 4.69) is 13.8 Å². The Bertz CT molecular complexity index is 68.1. The van der Waals surface area contributed by atoms with Gasteiger partial charge in [0.2, 0.25) is 0 Å². The average molecular weight is 125 g/mol. The molecule has 9 heavy (non-hydrogen) atoms. The van der Waals surface area contributed by atoms with Crippen molar-refractivity contribution in [1.29, 1.82) is 0 Å². The van der Waals surface area contributed by atoms with Crippen LogP contribution in [0.5, 0.6) is 0 Å². The Hall–Kier alpha value is 0. The highest BCUT2D eigenvalue weighted by molar-refractivity contribution is 4.94. The lowest BCUT2D eigenvalue weighted by Crippen LogP contribution is -1.95. The molecule has 1 rings (SSSR count). The van der Waals surface area contributed by atoms with Gasteiger partial charge in [0, 0.05) is 0 Å². The summed E-state index contributed by atoms with van der Waals surface area (Å²) in [5.41, 5.74) is 0. The molecule has 0 amide bonds. The maximum absolute atomic E-state index is 2.31. The SMILES string of the molecule is CC(C)C[C]1CCCC1. The van der Waals surface area contributed by atoms with Gasteiger partial charge in [-0.25, -0.2) is 0 Å². The molecule has 1 saturated carbocycles. The molecule has 0 aliphatic heterocycles. The highest BCUT2D eigenvalue weighted by Crippen LogP contribution is 2.31. The second-order valence-electron chi connectivity index (χ2n) is 3.56. The highest BCUT2D eigenvalue weighted by atomic mass is 14.2. The summed E-state index contributed by atoms with van der Waals surface area (Å²) >= 11 is 0. The van der Waals surface area contributed by atoms with Crippen molar-refractivity contribution in [1.82, 2.24) is 0 Å². The molecule has 0 atom stereocenters. The molecule has 0 aromatic heterocycles. The van der Waals surface area contributed by atoms with Gasteiger partial charge in [-0.2, -0.15) is 0 Å². The molecule has 1 radical (unpaired) electrons. The van der Waals surface area contributed by atoms with Crippen LogP contribution in [0.4, 0.5) is 0 Å². The smallest absolute Gasteiger partial charge is 0.0238 e. The number of rotatable bonds is 2. The fourth-order valence-corrected chi connectivity index (χ4v) is 1.66. The molecule has 0 saturated heterocycles. The summed E-state index contributed by atoms with van der Waals surface area (Å²) in [6.07, 6.45) is 7.17. The molecule has 1 fully saturated rings. The van der Waals surface area contributed by atoms with Gasteiger partial charge in [0.05, 0.1) is 0 Å². The van der Waals surface area contributed by atoms with E-state index in [4.69, 9.17) is 0 Å². The molecule has 0 aromatic rings. The number of hydrogen-bond acceptors (Lipinski definition) is 0. The molecule has 0 nitrogen and oxygen atoms in total. The molecular formula is C9H17. The first-order valence-electron chi connectivity index (χ1n) is 4.12. The third kappa shape index (κ3) is 2.38. The van der Waals surface area contributed by atoms with Gasteiger partial charge < -0.3 is 0 Å². The first kappa shape index (κ1) is 7.11. The van der Waals surface area contributed by atoms with Gasteiger partial charge in [-0.15, -0.1) is 0 Å². The molecule has 0 unspecified atom stereocenters. The van der Waals surface area contributed by atoms with E-state index in [-0.39, 0.29) is 0 Å². The van der Waals surface area contributed by atoms with Crippen molar-refractivity contribution in [3.8, 4) is 0 Å². The van der Waals surface area contributed by atoms with E-state index >= 15 is 0 Å². The molecule has 0 aromatic carbocycles. The zero-order valence-corrected chi connectivity index (χ0v) is 6.61. The Labute approximate surface area is 58.7 Å². The van der Waals surface area contributed by atoms with Crippen LogP contribution < -0.4 is 0 Å². The van der Waals surface area contributed by atoms with Gasteiger partial charge in [-0.3, -0.25) is 0 Å². The van der Waals surface area contributed by atoms with Gasteiger partial charge in [0.15, 0.2) is 0 Å². The van der Waals surface area contributed by atoms with Crippen LogP contribution in [0.2, 0.25) is 0 Å². The molecule has 1 aliphatic rings. The van der Waals surface area contributed by atoms with E-state index in [9.17, 15) is 0 Å². The van der Waals surface area contributed by atoms with Crippen LogP contribution in [0.3, 0.4) is 0 Å². The predicted molar refractivity (Wildman–Crippen MR) is 41.2 cm³/mol. The zero-order valence-electron chi connectivity index (χ0n) is 6.61. The van der Waals surface area contributed by atoms with E-state index in [0.29, 0.717) is 0 Å². The van der Waals surface area contributed by atoms with Crippen molar-refractivity contribution in [3.63, 3.8) is 0 Å². The Kier molecular flexibility index (Phi) is 2.56. The number of hydrogen-bond donors (Lipinski definition) is 0. The van der Waals surface area contributed by atoms with Crippen LogP contribution in [0.1, 0.15) is 46.0 Å². The third-order valence-corrected chi connectivity index (χ3v) is 2.01. The second kappa shape index (κ2) is 3.24. The quantitative estimate of drug-likeness (QED) is 0.531. The molecule has 53 valence electrons. The van der Waals surface area contributed by atoms with Gasteiger partial charge in [-0.1, -0.05) is 26.7 Å². The molecule has 0 spiro atoms. The predicted octanol–water partition coefficient (Wildman–Crippen LogP) is 3.18. The van der Waals surface area contributed by atoms with Crippen LogP contribution in [0, 0.1) is 11.8 Å². The summed E-state index contributed by atoms with van der Waals surface area (Å²) in [6, 6.07) is 0. The van der Waals surface area contributed by atoms with E-state index < -0.39 is 0 Å². The van der Waals surface area contributed by atoms with Crippen molar-refractivity contribution in [2.24, 2.45) is 5.92 Å². The fraction of sp³-hybridized carbons (Fsp3) is 0.889. The summed E-state index contributed by atoms with van der Waals surface area (Å²) in [4.78, 5) is 0. The van der Waals surface area contributed by atoms with Crippen molar-refractivity contribution < 1.29 is 0 Å². The summed E-state index contributed by atoms with van der Waals surface area (Å²) in [7, 11) is 0. The van der Waals surface area contributed by atoms with Crippen LogP contribution >= 0.6 is 0 Å². The largest absolute Gasteiger partial charge is 0.0628 e. The van der Waals surface area contributed by atoms with Crippen molar-refractivity contribution in [3.05, 3.63) is 5.92 Å². The van der Waals surface area contributed by atoms with E-state index in [1.165, 1.54) is 32.1 Å². The minimum atomic E-state index is 0.887. The maximum atomic E-state index is 2.31. The van der Waals surface area contributed by atoms with Crippen LogP contribution in [-0.2, 0) is 0 Å². The lowest BCUT2D eigenvalue weighted by Gasteiger charge is -2.09. The molecular weight excluding hydrogens is 108 g/mol. The van der Waals surface area contributed by atoms with E-state index in [1.807, 2.05) is 5.92 Å². The molecule has 1 aliphatic carbocycles. The highest BCUT2D eigenvalue weighted by Gasteiger charge is 2.15. The second-order valence-corrected chi connectivity index (χ2v) is 3.56. The molecule has 0 bridgehead atoms. The first-order chi connectivity index (χ1) is 4.29. The van der Waals surface area contributed by atoms with Crippen molar-refractivity contribution >= 4 is 0 Å². The Morgan fingerprint density at radius 2 is 1.78 bits per heavy atom. The molecule has 0 N–H and O–H groups in total. The Morgan fingerprint density at radius 3 is 2.22 bits per heavy atom. The Morgan fingerprint density at radius 1 is 1.22 bits per heavy atom. The van der Waals surface area contributed by atoms with Crippen LogP contribution in [0.15, 0.2) is 0 Å². The summed E-state index contributed by atoms with van der Waals surface area (Å²) in [5, 5.41) is 0. The normalized spacial score (nSPS) is 21.7. The fourth-order valence-electron chi connectivity index (χ4n) is 1.66. The molecule has 0 heteroatoms. The topological polar surface area (TPSA) is 0 Å². The van der Waals surface area contributed by atoms with Crippen LogP contribution in [0.25, 0.3) is 0 Å². The van der Waals surface area contributed by atoms with Gasteiger partial charge in [0.25, 0.3) is 0 Å². The lowest BCUT2D eigenvalue weighted by molar-refractivity contribution is 0.576. The van der Waals surface area contributed by atoms with E-state index in [0.717, 1.165) is 5.92 Å². The minimum Gasteiger partial charge on any atom is -0.0628 e. The van der Waals surface area contributed by atoms with E-state index in [1.54, 1.807) is 0 Å². The summed E-state index contributed by atoms with van der Waals surface area (Å²) in [5.74, 6) is 2.71. The maximum Gasteiger partial charge on any atom is -0.0238 e. The standard InChI is InChI=1S/C9H17/c1-8(2)7-9-5-3-4-6-9/h8H,3-7H2,1-2H3. The van der Waals surface area contributed by atoms with Gasteiger partial charge in [-0.05, 0) is 31.1 Å². The average Bonchev–Trinajstić information content (AvgIpc) is 2.15. The first-order valence-corrected chi connectivity index (χ1v) is 4.12. The van der Waals surface area contributed by atoms with Crippen molar-refractivity contribution in [2.75, 3.05) is 0 Å². The summed E-state index contributed by atoms with van der Waals surface area (Å²) < 4.78 is 0. The zero-order chi connectivity index (χ0) is 6.69. The monoisotopic (exact) mass is 125 g/mol. The van der Waals surface area contributed by atoms with Gasteiger partial charge >= 0.3 is 0 Å². The lowest BCUT2D eigenvalue weighted by atomic mass is 9.96. The minimum absolute atomic E-state index is 0.887. The summed E-state index contributed by atoms with van der Waals surface area (Å²) in [6.45, 7) is 4.62. The third-order valence-electron chi connectivity index (χ3n) is 2.01. The molecule has 0 heterocycles. The van der Waals surface area contributed by atoms with Gasteiger partial charge in [0.1, 0.15) is 0 Å². The Balaban J connectivity index is 2.11. The van der Waals surface area contributed by atoms with Crippen molar-refractivity contribution in [2.45, 2.75) is 46.0 Å².